The Hall–Kier alpha value is -0.0800. The molecule has 84 valence electrons. The van der Waals surface area contributed by atoms with Crippen molar-refractivity contribution in [1.82, 2.24) is 4.90 Å². The number of hydrogen-bond acceptors (Lipinski definition) is 2. The summed E-state index contributed by atoms with van der Waals surface area (Å²) in [4.78, 5) is 2.47. The van der Waals surface area contributed by atoms with Crippen molar-refractivity contribution in [3.05, 3.63) is 0 Å². The van der Waals surface area contributed by atoms with Crippen LogP contribution < -0.4 is 0 Å². The van der Waals surface area contributed by atoms with Gasteiger partial charge >= 0.3 is 0 Å². The van der Waals surface area contributed by atoms with Crippen LogP contribution in [0, 0.1) is 5.92 Å². The minimum absolute atomic E-state index is 0.812. The molecule has 0 spiro atoms. The van der Waals surface area contributed by atoms with Crippen molar-refractivity contribution in [2.45, 2.75) is 45.6 Å². The molecule has 0 N–H and O–H groups in total. The molecule has 1 aliphatic carbocycles. The van der Waals surface area contributed by atoms with Crippen LogP contribution in [0.2, 0.25) is 0 Å². The summed E-state index contributed by atoms with van der Waals surface area (Å²) in [5.41, 5.74) is 0. The monoisotopic (exact) mass is 199 g/mol. The van der Waals surface area contributed by atoms with Crippen molar-refractivity contribution in [3.8, 4) is 0 Å². The minimum Gasteiger partial charge on any atom is -0.380 e. The first kappa shape index (κ1) is 12.0. The van der Waals surface area contributed by atoms with E-state index in [1.807, 2.05) is 0 Å². The minimum atomic E-state index is 0.812. The molecule has 1 saturated carbocycles. The Morgan fingerprint density at radius 3 is 2.43 bits per heavy atom. The van der Waals surface area contributed by atoms with E-state index in [1.165, 1.54) is 25.7 Å². The van der Waals surface area contributed by atoms with Crippen LogP contribution >= 0.6 is 0 Å². The van der Waals surface area contributed by atoms with Crippen LogP contribution in [0.4, 0.5) is 0 Å². The van der Waals surface area contributed by atoms with Crippen LogP contribution in [-0.2, 0) is 4.74 Å². The van der Waals surface area contributed by atoms with E-state index in [9.17, 15) is 0 Å². The Labute approximate surface area is 88.6 Å². The lowest BCUT2D eigenvalue weighted by molar-refractivity contribution is 0.0927. The Morgan fingerprint density at radius 2 is 1.86 bits per heavy atom. The third-order valence-corrected chi connectivity index (χ3v) is 3.40. The van der Waals surface area contributed by atoms with E-state index >= 15 is 0 Å². The zero-order chi connectivity index (χ0) is 10.4. The number of likely N-dealkylation sites (N-methyl/N-ethyl adjacent to an activating group) is 1. The highest BCUT2D eigenvalue weighted by Gasteiger charge is 2.20. The predicted octanol–water partition coefficient (Wildman–Crippen LogP) is 2.53. The molecule has 2 heteroatoms. The van der Waals surface area contributed by atoms with Gasteiger partial charge in [-0.25, -0.2) is 0 Å². The highest BCUT2D eigenvalue weighted by molar-refractivity contribution is 4.76. The van der Waals surface area contributed by atoms with Gasteiger partial charge in [0, 0.05) is 19.2 Å². The molecule has 0 aromatic rings. The lowest BCUT2D eigenvalue weighted by Gasteiger charge is -2.33. The maximum absolute atomic E-state index is 5.37. The first-order chi connectivity index (χ1) is 6.74. The smallest absolute Gasteiger partial charge is 0.0593 e. The Balaban J connectivity index is 2.13. The Kier molecular flexibility index (Phi) is 5.49. The summed E-state index contributed by atoms with van der Waals surface area (Å²) in [6, 6.07) is 0.812. The molecule has 14 heavy (non-hydrogen) atoms. The molecule has 0 bridgehead atoms. The average Bonchev–Trinajstić information content (AvgIpc) is 2.19. The Bertz CT molecular complexity index is 141. The highest BCUT2D eigenvalue weighted by atomic mass is 16.5. The van der Waals surface area contributed by atoms with Crippen molar-refractivity contribution in [2.24, 2.45) is 5.92 Å². The van der Waals surface area contributed by atoms with Crippen molar-refractivity contribution in [3.63, 3.8) is 0 Å². The van der Waals surface area contributed by atoms with Crippen LogP contribution in [0.1, 0.15) is 39.5 Å². The van der Waals surface area contributed by atoms with E-state index in [2.05, 4.69) is 25.8 Å². The largest absolute Gasteiger partial charge is 0.380 e. The van der Waals surface area contributed by atoms with Crippen LogP contribution in [0.3, 0.4) is 0 Å². The molecule has 0 saturated heterocycles. The number of hydrogen-bond donors (Lipinski definition) is 0. The maximum Gasteiger partial charge on any atom is 0.0593 e. The fraction of sp³-hybridized carbons (Fsp3) is 1.00. The summed E-state index contributed by atoms with van der Waals surface area (Å²) in [7, 11) is 2.24. The number of ether oxygens (including phenoxy) is 1. The fourth-order valence-electron chi connectivity index (χ4n) is 2.22. The number of rotatable bonds is 5. The van der Waals surface area contributed by atoms with E-state index in [1.54, 1.807) is 0 Å². The van der Waals surface area contributed by atoms with Crippen LogP contribution in [0.5, 0.6) is 0 Å². The zero-order valence-corrected chi connectivity index (χ0v) is 9.96. The molecular weight excluding hydrogens is 174 g/mol. The summed E-state index contributed by atoms with van der Waals surface area (Å²) < 4.78 is 5.37. The van der Waals surface area contributed by atoms with Gasteiger partial charge in [0.15, 0.2) is 0 Å². The zero-order valence-electron chi connectivity index (χ0n) is 9.96. The molecule has 0 aliphatic heterocycles. The van der Waals surface area contributed by atoms with Crippen LogP contribution in [0.25, 0.3) is 0 Å². The second-order valence-electron chi connectivity index (χ2n) is 4.59. The van der Waals surface area contributed by atoms with Crippen molar-refractivity contribution < 1.29 is 4.74 Å². The van der Waals surface area contributed by atoms with E-state index < -0.39 is 0 Å². The molecule has 0 radical (unpaired) electrons. The predicted molar refractivity (Wildman–Crippen MR) is 60.5 cm³/mol. The highest BCUT2D eigenvalue weighted by Crippen LogP contribution is 2.26. The first-order valence-corrected chi connectivity index (χ1v) is 6.02. The molecule has 0 unspecified atom stereocenters. The van der Waals surface area contributed by atoms with Gasteiger partial charge in [0.2, 0.25) is 0 Å². The van der Waals surface area contributed by atoms with Gasteiger partial charge in [-0.1, -0.05) is 6.92 Å². The third-order valence-electron chi connectivity index (χ3n) is 3.40. The first-order valence-electron chi connectivity index (χ1n) is 6.02. The van der Waals surface area contributed by atoms with Crippen molar-refractivity contribution in [2.75, 3.05) is 26.8 Å². The third kappa shape index (κ3) is 3.97. The Morgan fingerprint density at radius 1 is 1.21 bits per heavy atom. The lowest BCUT2D eigenvalue weighted by Crippen LogP contribution is -2.36. The van der Waals surface area contributed by atoms with Crippen LogP contribution in [-0.4, -0.2) is 37.7 Å². The van der Waals surface area contributed by atoms with Crippen molar-refractivity contribution in [1.29, 1.82) is 0 Å². The molecule has 1 fully saturated rings. The standard InChI is InChI=1S/C12H25NO/c1-4-14-10-9-13(3)12-7-5-11(2)6-8-12/h11-12H,4-10H2,1-3H3. The normalized spacial score (nSPS) is 28.3. The van der Waals surface area contributed by atoms with Gasteiger partial charge in [-0.2, -0.15) is 0 Å². The van der Waals surface area contributed by atoms with Crippen LogP contribution in [0.15, 0.2) is 0 Å². The summed E-state index contributed by atoms with van der Waals surface area (Å²) in [5.74, 6) is 0.951. The van der Waals surface area contributed by atoms with Gasteiger partial charge in [0.05, 0.1) is 6.61 Å². The second-order valence-corrected chi connectivity index (χ2v) is 4.59. The van der Waals surface area contributed by atoms with E-state index in [0.29, 0.717) is 0 Å². The lowest BCUT2D eigenvalue weighted by atomic mass is 9.87. The van der Waals surface area contributed by atoms with Gasteiger partial charge in [0.1, 0.15) is 0 Å². The number of nitrogens with zero attached hydrogens (tertiary/aromatic N) is 1. The summed E-state index contributed by atoms with van der Waals surface area (Å²) >= 11 is 0. The molecule has 1 aliphatic rings. The summed E-state index contributed by atoms with van der Waals surface area (Å²) in [6.07, 6.45) is 5.57. The van der Waals surface area contributed by atoms with Gasteiger partial charge < -0.3 is 9.64 Å². The fourth-order valence-corrected chi connectivity index (χ4v) is 2.22. The summed E-state index contributed by atoms with van der Waals surface area (Å²) in [5, 5.41) is 0. The van der Waals surface area contributed by atoms with Gasteiger partial charge in [-0.3, -0.25) is 0 Å². The van der Waals surface area contributed by atoms with Gasteiger partial charge in [-0.15, -0.1) is 0 Å². The molecule has 0 heterocycles. The van der Waals surface area contributed by atoms with E-state index in [0.717, 1.165) is 31.7 Å². The molecule has 0 atom stereocenters. The molecule has 0 aromatic heterocycles. The van der Waals surface area contributed by atoms with E-state index in [-0.39, 0.29) is 0 Å². The second kappa shape index (κ2) is 6.41. The van der Waals surface area contributed by atoms with Gasteiger partial charge in [-0.05, 0) is 45.6 Å². The van der Waals surface area contributed by atoms with E-state index in [4.69, 9.17) is 4.74 Å². The molecule has 2 nitrogen and oxygen atoms in total. The quantitative estimate of drug-likeness (QED) is 0.631. The molecule has 1 rings (SSSR count). The molecule has 0 amide bonds. The summed E-state index contributed by atoms with van der Waals surface area (Å²) in [6.45, 7) is 7.25. The topological polar surface area (TPSA) is 12.5 Å². The maximum atomic E-state index is 5.37. The molecule has 0 aromatic carbocycles. The van der Waals surface area contributed by atoms with Gasteiger partial charge in [0.25, 0.3) is 0 Å². The SMILES string of the molecule is CCOCCN(C)C1CCC(C)CC1. The average molecular weight is 199 g/mol. The van der Waals surface area contributed by atoms with Crippen molar-refractivity contribution >= 4 is 0 Å². The molecular formula is C12H25NO.